The molecule has 0 aromatic carbocycles. The number of nitrogens with zero attached hydrogens (tertiary/aromatic N) is 2. The lowest BCUT2D eigenvalue weighted by Gasteiger charge is -2.14. The second kappa shape index (κ2) is 6.04. The summed E-state index contributed by atoms with van der Waals surface area (Å²) >= 11 is 1.60. The number of thiophene rings is 1. The summed E-state index contributed by atoms with van der Waals surface area (Å²) in [4.78, 5) is 22.3. The highest BCUT2D eigenvalue weighted by atomic mass is 32.1. The molecule has 108 valence electrons. The fourth-order valence-corrected chi connectivity index (χ4v) is 2.84. The maximum atomic E-state index is 11.8. The fourth-order valence-electron chi connectivity index (χ4n) is 1.87. The van der Waals surface area contributed by atoms with Gasteiger partial charge in [0.2, 0.25) is 11.9 Å². The zero-order chi connectivity index (χ0) is 14.7. The third-order valence-electron chi connectivity index (χ3n) is 2.91. The molecule has 1 unspecified atom stereocenters. The molecule has 20 heavy (non-hydrogen) atoms. The number of carbonyl (C=O) groups is 1. The van der Waals surface area contributed by atoms with E-state index >= 15 is 0 Å². The Morgan fingerprint density at radius 2 is 2.20 bits per heavy atom. The lowest BCUT2D eigenvalue weighted by molar-refractivity contribution is -0.121. The quantitative estimate of drug-likeness (QED) is 0.781. The standard InChI is InChI=1S/C13H19N5OS/c1-4-8-6-9-10(16-7(3)11(19)15-5-2)17-13(14)18-12(9)20-8/h6-7H,4-5H2,1-3H3,(H,15,19)(H3,14,16,17,18). The minimum absolute atomic E-state index is 0.0659. The Morgan fingerprint density at radius 1 is 1.45 bits per heavy atom. The van der Waals surface area contributed by atoms with E-state index in [1.807, 2.05) is 13.0 Å². The summed E-state index contributed by atoms with van der Waals surface area (Å²) in [5.74, 6) is 0.763. The fraction of sp³-hybridized carbons (Fsp3) is 0.462. The van der Waals surface area contributed by atoms with E-state index < -0.39 is 0 Å². The Balaban J connectivity index is 2.33. The zero-order valence-electron chi connectivity index (χ0n) is 11.9. The highest BCUT2D eigenvalue weighted by Crippen LogP contribution is 2.30. The Kier molecular flexibility index (Phi) is 4.39. The first-order chi connectivity index (χ1) is 9.55. The topological polar surface area (TPSA) is 92.9 Å². The summed E-state index contributed by atoms with van der Waals surface area (Å²) in [6.07, 6.45) is 0.937. The van der Waals surface area contributed by atoms with Crippen LogP contribution in [0.25, 0.3) is 10.2 Å². The van der Waals surface area contributed by atoms with Crippen LogP contribution in [-0.2, 0) is 11.2 Å². The minimum Gasteiger partial charge on any atom is -0.368 e. The van der Waals surface area contributed by atoms with Crippen LogP contribution in [0.1, 0.15) is 25.6 Å². The number of rotatable bonds is 5. The largest absolute Gasteiger partial charge is 0.368 e. The molecule has 0 radical (unpaired) electrons. The molecule has 4 N–H and O–H groups in total. The van der Waals surface area contributed by atoms with Crippen LogP contribution in [0, 0.1) is 0 Å². The number of nitrogens with one attached hydrogen (secondary N) is 2. The van der Waals surface area contributed by atoms with Gasteiger partial charge in [0.15, 0.2) is 0 Å². The van der Waals surface area contributed by atoms with E-state index in [0.717, 1.165) is 16.6 Å². The van der Waals surface area contributed by atoms with Gasteiger partial charge in [0.25, 0.3) is 0 Å². The average Bonchev–Trinajstić information content (AvgIpc) is 2.81. The van der Waals surface area contributed by atoms with Gasteiger partial charge in [0.1, 0.15) is 16.7 Å². The number of amides is 1. The van der Waals surface area contributed by atoms with Crippen molar-refractivity contribution in [3.05, 3.63) is 10.9 Å². The normalized spacial score (nSPS) is 12.3. The van der Waals surface area contributed by atoms with Crippen LogP contribution in [0.15, 0.2) is 6.07 Å². The van der Waals surface area contributed by atoms with Gasteiger partial charge in [-0.3, -0.25) is 4.79 Å². The van der Waals surface area contributed by atoms with Crippen molar-refractivity contribution in [3.63, 3.8) is 0 Å². The van der Waals surface area contributed by atoms with Crippen molar-refractivity contribution in [2.75, 3.05) is 17.6 Å². The van der Waals surface area contributed by atoms with Gasteiger partial charge < -0.3 is 16.4 Å². The first-order valence-electron chi connectivity index (χ1n) is 6.65. The van der Waals surface area contributed by atoms with Crippen molar-refractivity contribution >= 4 is 39.2 Å². The van der Waals surface area contributed by atoms with Crippen LogP contribution in [0.5, 0.6) is 0 Å². The van der Waals surface area contributed by atoms with Crippen LogP contribution < -0.4 is 16.4 Å². The molecule has 0 aliphatic heterocycles. The van der Waals surface area contributed by atoms with Crippen LogP contribution >= 0.6 is 11.3 Å². The number of aryl methyl sites for hydroxylation is 1. The Labute approximate surface area is 121 Å². The molecule has 2 rings (SSSR count). The number of carbonyl (C=O) groups excluding carboxylic acids is 1. The van der Waals surface area contributed by atoms with Crippen molar-refractivity contribution in [3.8, 4) is 0 Å². The number of hydrogen-bond donors (Lipinski definition) is 3. The molecular formula is C13H19N5OS. The summed E-state index contributed by atoms with van der Waals surface area (Å²) in [6, 6.07) is 1.67. The van der Waals surface area contributed by atoms with Crippen molar-refractivity contribution in [1.29, 1.82) is 0 Å². The molecule has 2 aromatic heterocycles. The summed E-state index contributed by atoms with van der Waals surface area (Å²) in [6.45, 7) is 6.37. The van der Waals surface area contributed by atoms with Crippen LogP contribution in [0.2, 0.25) is 0 Å². The molecule has 0 spiro atoms. The second-order valence-electron chi connectivity index (χ2n) is 4.48. The van der Waals surface area contributed by atoms with Crippen molar-refractivity contribution in [2.24, 2.45) is 0 Å². The Morgan fingerprint density at radius 3 is 2.85 bits per heavy atom. The number of hydrogen-bond acceptors (Lipinski definition) is 6. The molecule has 0 fully saturated rings. The second-order valence-corrected chi connectivity index (χ2v) is 5.59. The third kappa shape index (κ3) is 2.98. The van der Waals surface area contributed by atoms with E-state index in [4.69, 9.17) is 5.73 Å². The number of fused-ring (bicyclic) bond motifs is 1. The molecule has 6 nitrogen and oxygen atoms in total. The Hall–Kier alpha value is -1.89. The van der Waals surface area contributed by atoms with Gasteiger partial charge in [-0.1, -0.05) is 6.92 Å². The molecule has 7 heteroatoms. The summed E-state index contributed by atoms with van der Waals surface area (Å²) < 4.78 is 0. The molecule has 0 aliphatic rings. The van der Waals surface area contributed by atoms with E-state index in [1.165, 1.54) is 4.88 Å². The third-order valence-corrected chi connectivity index (χ3v) is 4.08. The number of anilines is 2. The van der Waals surface area contributed by atoms with E-state index in [-0.39, 0.29) is 17.9 Å². The molecule has 1 amide bonds. The number of nitrogen functional groups attached to an aromatic ring is 1. The molecule has 2 aromatic rings. The predicted molar refractivity (Wildman–Crippen MR) is 83.0 cm³/mol. The van der Waals surface area contributed by atoms with Crippen molar-refractivity contribution in [2.45, 2.75) is 33.2 Å². The van der Waals surface area contributed by atoms with Gasteiger partial charge in [-0.25, -0.2) is 4.98 Å². The molecule has 1 atom stereocenters. The minimum atomic E-state index is -0.377. The van der Waals surface area contributed by atoms with E-state index in [1.54, 1.807) is 18.3 Å². The SMILES string of the molecule is CCNC(=O)C(C)Nc1nc(N)nc2sc(CC)cc12. The van der Waals surface area contributed by atoms with E-state index in [2.05, 4.69) is 27.5 Å². The van der Waals surface area contributed by atoms with Crippen LogP contribution in [0.4, 0.5) is 11.8 Å². The lowest BCUT2D eigenvalue weighted by atomic mass is 10.2. The van der Waals surface area contributed by atoms with Gasteiger partial charge in [0.05, 0.1) is 5.39 Å². The maximum absolute atomic E-state index is 11.8. The molecule has 0 saturated heterocycles. The first-order valence-corrected chi connectivity index (χ1v) is 7.47. The van der Waals surface area contributed by atoms with E-state index in [0.29, 0.717) is 12.4 Å². The molecule has 0 saturated carbocycles. The average molecular weight is 293 g/mol. The molecule has 2 heterocycles. The van der Waals surface area contributed by atoms with Crippen molar-refractivity contribution in [1.82, 2.24) is 15.3 Å². The van der Waals surface area contributed by atoms with Gasteiger partial charge >= 0.3 is 0 Å². The monoisotopic (exact) mass is 293 g/mol. The number of nitrogens with two attached hydrogens (primary N) is 1. The summed E-state index contributed by atoms with van der Waals surface area (Å²) in [5.41, 5.74) is 5.73. The number of likely N-dealkylation sites (N-methyl/N-ethyl adjacent to an activating group) is 1. The lowest BCUT2D eigenvalue weighted by Crippen LogP contribution is -2.37. The van der Waals surface area contributed by atoms with Gasteiger partial charge in [-0.15, -0.1) is 11.3 Å². The van der Waals surface area contributed by atoms with Gasteiger partial charge in [-0.05, 0) is 26.3 Å². The maximum Gasteiger partial charge on any atom is 0.242 e. The highest BCUT2D eigenvalue weighted by Gasteiger charge is 2.16. The van der Waals surface area contributed by atoms with Gasteiger partial charge in [0, 0.05) is 11.4 Å². The first kappa shape index (κ1) is 14.5. The smallest absolute Gasteiger partial charge is 0.242 e. The van der Waals surface area contributed by atoms with Crippen LogP contribution in [0.3, 0.4) is 0 Å². The van der Waals surface area contributed by atoms with Gasteiger partial charge in [-0.2, -0.15) is 4.98 Å². The highest BCUT2D eigenvalue weighted by molar-refractivity contribution is 7.18. The van der Waals surface area contributed by atoms with Crippen molar-refractivity contribution < 1.29 is 4.79 Å². The molecular weight excluding hydrogens is 274 g/mol. The Bertz CT molecular complexity index is 624. The molecule has 0 bridgehead atoms. The summed E-state index contributed by atoms with van der Waals surface area (Å²) in [7, 11) is 0. The van der Waals surface area contributed by atoms with Crippen LogP contribution in [-0.4, -0.2) is 28.5 Å². The van der Waals surface area contributed by atoms with E-state index in [9.17, 15) is 4.79 Å². The summed E-state index contributed by atoms with van der Waals surface area (Å²) in [5, 5.41) is 6.80. The number of aromatic nitrogens is 2. The predicted octanol–water partition coefficient (Wildman–Crippen LogP) is 1.77. The zero-order valence-corrected chi connectivity index (χ0v) is 12.7. The molecule has 0 aliphatic carbocycles.